The molecule has 0 atom stereocenters. The van der Waals surface area contributed by atoms with E-state index in [4.69, 9.17) is 17.3 Å². The molecule has 0 radical (unpaired) electrons. The number of rotatable bonds is 3. The maximum absolute atomic E-state index is 6.37. The minimum Gasteiger partial charge on any atom is -0.404 e. The number of nitrogens with zero attached hydrogens (tertiary/aromatic N) is 3. The van der Waals surface area contributed by atoms with E-state index in [1.54, 1.807) is 18.5 Å². The average Bonchev–Trinajstić information content (AvgIpc) is 2.58. The van der Waals surface area contributed by atoms with Crippen molar-refractivity contribution in [1.29, 1.82) is 0 Å². The first-order chi connectivity index (χ1) is 11.2. The lowest BCUT2D eigenvalue weighted by molar-refractivity contribution is 1.13. The third kappa shape index (κ3) is 3.22. The van der Waals surface area contributed by atoms with Crippen molar-refractivity contribution in [2.45, 2.75) is 6.92 Å². The van der Waals surface area contributed by atoms with Crippen LogP contribution in [0.3, 0.4) is 0 Å². The van der Waals surface area contributed by atoms with Crippen LogP contribution >= 0.6 is 11.6 Å². The van der Waals surface area contributed by atoms with Crippen molar-refractivity contribution in [3.8, 4) is 22.5 Å². The van der Waals surface area contributed by atoms with E-state index in [9.17, 15) is 0 Å². The Balaban J connectivity index is 2.19. The van der Waals surface area contributed by atoms with E-state index in [1.165, 1.54) is 6.20 Å². The number of aryl methyl sites for hydroxylation is 1. The first-order valence-corrected chi connectivity index (χ1v) is 7.50. The summed E-state index contributed by atoms with van der Waals surface area (Å²) in [7, 11) is 0. The lowest BCUT2D eigenvalue weighted by Gasteiger charge is -2.10. The van der Waals surface area contributed by atoms with Gasteiger partial charge in [-0.05, 0) is 49.5 Å². The van der Waals surface area contributed by atoms with Crippen molar-refractivity contribution in [3.63, 3.8) is 0 Å². The van der Waals surface area contributed by atoms with Crippen molar-refractivity contribution in [1.82, 2.24) is 15.0 Å². The number of hydrogen-bond donors (Lipinski definition) is 1. The highest BCUT2D eigenvalue weighted by Crippen LogP contribution is 2.34. The number of aromatic nitrogens is 3. The van der Waals surface area contributed by atoms with Gasteiger partial charge in [-0.25, -0.2) is 9.97 Å². The monoisotopic (exact) mass is 322 g/mol. The number of pyridine rings is 1. The van der Waals surface area contributed by atoms with Gasteiger partial charge in [0, 0.05) is 28.5 Å². The summed E-state index contributed by atoms with van der Waals surface area (Å²) in [5.74, 6) is 0.551. The molecule has 0 aliphatic rings. The average molecular weight is 323 g/mol. The van der Waals surface area contributed by atoms with Gasteiger partial charge in [-0.2, -0.15) is 0 Å². The van der Waals surface area contributed by atoms with E-state index in [2.05, 4.69) is 15.0 Å². The van der Waals surface area contributed by atoms with E-state index in [0.29, 0.717) is 10.8 Å². The van der Waals surface area contributed by atoms with Gasteiger partial charge in [-0.3, -0.25) is 4.98 Å². The minimum atomic E-state index is 0.551. The van der Waals surface area contributed by atoms with Gasteiger partial charge in [-0.15, -0.1) is 0 Å². The van der Waals surface area contributed by atoms with Gasteiger partial charge < -0.3 is 5.73 Å². The summed E-state index contributed by atoms with van der Waals surface area (Å²) in [4.78, 5) is 13.2. The molecule has 0 spiro atoms. The maximum atomic E-state index is 6.37. The third-order valence-corrected chi connectivity index (χ3v) is 3.71. The maximum Gasteiger partial charge on any atom is 0.153 e. The molecule has 4 nitrogen and oxygen atoms in total. The van der Waals surface area contributed by atoms with Crippen molar-refractivity contribution in [2.24, 2.45) is 5.73 Å². The minimum absolute atomic E-state index is 0.551. The van der Waals surface area contributed by atoms with E-state index in [1.807, 2.05) is 43.3 Å². The first kappa shape index (κ1) is 15.2. The zero-order valence-electron chi connectivity index (χ0n) is 12.6. The molecule has 5 heteroatoms. The van der Waals surface area contributed by atoms with Crippen LogP contribution in [-0.2, 0) is 0 Å². The van der Waals surface area contributed by atoms with Gasteiger partial charge in [0.05, 0.1) is 11.4 Å². The Hall–Kier alpha value is -2.72. The normalized spacial score (nSPS) is 11.0. The first-order valence-electron chi connectivity index (χ1n) is 7.12. The molecule has 3 rings (SSSR count). The summed E-state index contributed by atoms with van der Waals surface area (Å²) in [5, 5.41) is 0.659. The van der Waals surface area contributed by atoms with Crippen LogP contribution in [-0.4, -0.2) is 15.0 Å². The summed E-state index contributed by atoms with van der Waals surface area (Å²) in [6.45, 7) is 2.03. The molecular formula is C18H15ClN4. The molecule has 0 saturated carbocycles. The van der Waals surface area contributed by atoms with Crippen molar-refractivity contribution >= 4 is 17.7 Å². The van der Waals surface area contributed by atoms with Crippen molar-refractivity contribution < 1.29 is 0 Å². The Labute approximate surface area is 139 Å². The summed E-state index contributed by atoms with van der Waals surface area (Å²) in [6.07, 6.45) is 6.52. The molecule has 2 aromatic heterocycles. The summed E-state index contributed by atoms with van der Waals surface area (Å²) < 4.78 is 0. The quantitative estimate of drug-likeness (QED) is 0.788. The second kappa shape index (κ2) is 6.58. The SMILES string of the molecule is Cc1ccc(Cl)c(-c2ncccc2-c2ccnc(C=CN)n2)c1. The Morgan fingerprint density at radius 3 is 2.74 bits per heavy atom. The molecule has 0 unspecified atom stereocenters. The van der Waals surface area contributed by atoms with E-state index in [0.717, 1.165) is 28.1 Å². The van der Waals surface area contributed by atoms with E-state index >= 15 is 0 Å². The van der Waals surface area contributed by atoms with Gasteiger partial charge >= 0.3 is 0 Å². The molecule has 0 fully saturated rings. The zero-order valence-corrected chi connectivity index (χ0v) is 13.3. The van der Waals surface area contributed by atoms with Crippen LogP contribution in [0.15, 0.2) is 55.0 Å². The molecular weight excluding hydrogens is 308 g/mol. The summed E-state index contributed by atoms with van der Waals surface area (Å²) in [5.41, 5.74) is 9.89. The van der Waals surface area contributed by atoms with Crippen LogP contribution in [0, 0.1) is 6.92 Å². The second-order valence-electron chi connectivity index (χ2n) is 5.04. The fourth-order valence-electron chi connectivity index (χ4n) is 2.34. The zero-order chi connectivity index (χ0) is 16.2. The fraction of sp³-hybridized carbons (Fsp3) is 0.0556. The van der Waals surface area contributed by atoms with E-state index in [-0.39, 0.29) is 0 Å². The van der Waals surface area contributed by atoms with Gasteiger partial charge in [0.1, 0.15) is 0 Å². The highest BCUT2D eigenvalue weighted by molar-refractivity contribution is 6.33. The highest BCUT2D eigenvalue weighted by Gasteiger charge is 2.13. The molecule has 23 heavy (non-hydrogen) atoms. The van der Waals surface area contributed by atoms with Crippen LogP contribution in [0.2, 0.25) is 5.02 Å². The highest BCUT2D eigenvalue weighted by atomic mass is 35.5. The standard InChI is InChI=1S/C18H15ClN4/c1-12-4-5-15(19)14(11-12)18-13(3-2-9-22-18)16-7-10-21-17(23-16)6-8-20/h2-11H,20H2,1H3. The van der Waals surface area contributed by atoms with Crippen LogP contribution in [0.1, 0.15) is 11.4 Å². The van der Waals surface area contributed by atoms with Crippen molar-refractivity contribution in [2.75, 3.05) is 0 Å². The number of nitrogens with two attached hydrogens (primary N) is 1. The predicted molar refractivity (Wildman–Crippen MR) is 93.7 cm³/mol. The Bertz CT molecular complexity index is 874. The molecule has 2 heterocycles. The van der Waals surface area contributed by atoms with Crippen LogP contribution < -0.4 is 5.73 Å². The fourth-order valence-corrected chi connectivity index (χ4v) is 2.54. The Morgan fingerprint density at radius 2 is 1.91 bits per heavy atom. The number of hydrogen-bond acceptors (Lipinski definition) is 4. The molecule has 1 aromatic carbocycles. The molecule has 0 aliphatic carbocycles. The van der Waals surface area contributed by atoms with Crippen LogP contribution in [0.25, 0.3) is 28.6 Å². The van der Waals surface area contributed by atoms with Crippen molar-refractivity contribution in [3.05, 3.63) is 71.4 Å². The summed E-state index contributed by atoms with van der Waals surface area (Å²) >= 11 is 6.37. The molecule has 114 valence electrons. The molecule has 0 saturated heterocycles. The predicted octanol–water partition coefficient (Wildman–Crippen LogP) is 4.10. The van der Waals surface area contributed by atoms with Gasteiger partial charge in [0.25, 0.3) is 0 Å². The lowest BCUT2D eigenvalue weighted by atomic mass is 10.0. The molecule has 2 N–H and O–H groups in total. The molecule has 3 aromatic rings. The molecule has 0 aliphatic heterocycles. The van der Waals surface area contributed by atoms with Gasteiger partial charge in [-0.1, -0.05) is 23.2 Å². The van der Waals surface area contributed by atoms with Crippen LogP contribution in [0.5, 0.6) is 0 Å². The smallest absolute Gasteiger partial charge is 0.153 e. The Morgan fingerprint density at radius 1 is 1.04 bits per heavy atom. The van der Waals surface area contributed by atoms with Gasteiger partial charge in [0.2, 0.25) is 0 Å². The Kier molecular flexibility index (Phi) is 4.35. The van der Waals surface area contributed by atoms with Gasteiger partial charge in [0.15, 0.2) is 5.82 Å². The number of halogens is 1. The second-order valence-corrected chi connectivity index (χ2v) is 5.45. The van der Waals surface area contributed by atoms with E-state index < -0.39 is 0 Å². The molecule has 0 amide bonds. The molecule has 0 bridgehead atoms. The number of benzene rings is 1. The third-order valence-electron chi connectivity index (χ3n) is 3.38. The van der Waals surface area contributed by atoms with Crippen LogP contribution in [0.4, 0.5) is 0 Å². The topological polar surface area (TPSA) is 64.7 Å². The summed E-state index contributed by atoms with van der Waals surface area (Å²) in [6, 6.07) is 11.6. The largest absolute Gasteiger partial charge is 0.404 e. The lowest BCUT2D eigenvalue weighted by Crippen LogP contribution is -1.95.